The molecule has 0 radical (unpaired) electrons. The van der Waals surface area contributed by atoms with Crippen molar-refractivity contribution in [3.8, 4) is 0 Å². The lowest BCUT2D eigenvalue weighted by atomic mass is 9.97. The molecule has 2 aliphatic rings. The summed E-state index contributed by atoms with van der Waals surface area (Å²) in [4.78, 5) is 38.7. The molecule has 0 spiro atoms. The van der Waals surface area contributed by atoms with Gasteiger partial charge < -0.3 is 15.5 Å². The van der Waals surface area contributed by atoms with Crippen molar-refractivity contribution in [1.29, 1.82) is 0 Å². The van der Waals surface area contributed by atoms with Crippen LogP contribution >= 0.6 is 0 Å². The minimum absolute atomic E-state index is 0.126. The van der Waals surface area contributed by atoms with Gasteiger partial charge in [-0.15, -0.1) is 0 Å². The van der Waals surface area contributed by atoms with Crippen LogP contribution in [-0.4, -0.2) is 35.9 Å². The Bertz CT molecular complexity index is 1060. The second-order valence-corrected chi connectivity index (χ2v) is 8.86. The normalized spacial score (nSPS) is 16.5. The van der Waals surface area contributed by atoms with E-state index in [1.54, 1.807) is 24.3 Å². The average molecular weight is 437 g/mol. The van der Waals surface area contributed by atoms with Gasteiger partial charge in [-0.1, -0.05) is 13.0 Å². The molecule has 2 N–H and O–H groups in total. The van der Waals surface area contributed by atoms with Gasteiger partial charge in [0.25, 0.3) is 17.5 Å². The van der Waals surface area contributed by atoms with Crippen molar-refractivity contribution >= 4 is 28.9 Å². The van der Waals surface area contributed by atoms with Gasteiger partial charge in [-0.25, -0.2) is 0 Å². The zero-order chi connectivity index (χ0) is 22.8. The second kappa shape index (κ2) is 8.98. The first-order valence-electron chi connectivity index (χ1n) is 11.1. The van der Waals surface area contributed by atoms with E-state index in [-0.39, 0.29) is 23.2 Å². The number of non-ortho nitro benzene ring substituents is 1. The van der Waals surface area contributed by atoms with Gasteiger partial charge in [-0.2, -0.15) is 0 Å². The molecular formula is C24H28N4O4. The number of aryl methyl sites for hydroxylation is 1. The molecule has 1 aliphatic heterocycles. The molecule has 4 rings (SSSR count). The van der Waals surface area contributed by atoms with Crippen LogP contribution in [0.25, 0.3) is 0 Å². The molecule has 32 heavy (non-hydrogen) atoms. The van der Waals surface area contributed by atoms with Crippen molar-refractivity contribution in [1.82, 2.24) is 5.32 Å². The van der Waals surface area contributed by atoms with Gasteiger partial charge >= 0.3 is 0 Å². The first-order chi connectivity index (χ1) is 15.3. The highest BCUT2D eigenvalue weighted by molar-refractivity contribution is 6.09. The summed E-state index contributed by atoms with van der Waals surface area (Å²) in [6.07, 6.45) is 4.00. The van der Waals surface area contributed by atoms with Crippen LogP contribution in [0.3, 0.4) is 0 Å². The Labute approximate surface area is 187 Å². The van der Waals surface area contributed by atoms with Crippen molar-refractivity contribution in [2.24, 2.45) is 5.92 Å². The van der Waals surface area contributed by atoms with Crippen LogP contribution in [0, 0.1) is 23.0 Å². The van der Waals surface area contributed by atoms with E-state index in [1.165, 1.54) is 12.1 Å². The minimum atomic E-state index is -0.493. The van der Waals surface area contributed by atoms with Crippen LogP contribution < -0.4 is 15.5 Å². The number of piperidine rings is 1. The molecular weight excluding hydrogens is 408 g/mol. The molecule has 1 saturated carbocycles. The van der Waals surface area contributed by atoms with Crippen molar-refractivity contribution in [2.45, 2.75) is 45.6 Å². The number of nitrogens with zero attached hydrogens (tertiary/aromatic N) is 2. The fraction of sp³-hybridized carbons (Fsp3) is 0.417. The predicted molar refractivity (Wildman–Crippen MR) is 123 cm³/mol. The number of carbonyl (C=O) groups is 2. The van der Waals surface area contributed by atoms with Crippen molar-refractivity contribution in [3.05, 3.63) is 63.2 Å². The zero-order valence-electron chi connectivity index (χ0n) is 18.4. The number of carbonyl (C=O) groups excluding carboxylic acids is 2. The van der Waals surface area contributed by atoms with Gasteiger partial charge in [0.05, 0.1) is 16.2 Å². The number of rotatable bonds is 6. The maximum absolute atomic E-state index is 13.3. The fourth-order valence-electron chi connectivity index (χ4n) is 3.93. The third-order valence-corrected chi connectivity index (χ3v) is 6.22. The zero-order valence-corrected chi connectivity index (χ0v) is 18.4. The molecule has 1 heterocycles. The Morgan fingerprint density at radius 2 is 1.75 bits per heavy atom. The van der Waals surface area contributed by atoms with E-state index in [4.69, 9.17) is 0 Å². The van der Waals surface area contributed by atoms with Crippen LogP contribution in [0.5, 0.6) is 0 Å². The van der Waals surface area contributed by atoms with Gasteiger partial charge in [0, 0.05) is 42.5 Å². The van der Waals surface area contributed by atoms with Crippen molar-refractivity contribution < 1.29 is 14.5 Å². The van der Waals surface area contributed by atoms with Crippen LogP contribution in [0.1, 0.15) is 58.9 Å². The summed E-state index contributed by atoms with van der Waals surface area (Å²) in [6.45, 7) is 5.65. The average Bonchev–Trinajstić information content (AvgIpc) is 3.59. The molecule has 0 bridgehead atoms. The van der Waals surface area contributed by atoms with E-state index >= 15 is 0 Å². The first-order valence-corrected chi connectivity index (χ1v) is 11.1. The molecule has 2 amide bonds. The number of nitrogens with one attached hydrogen (secondary N) is 2. The van der Waals surface area contributed by atoms with Gasteiger partial charge in [0.15, 0.2) is 0 Å². The van der Waals surface area contributed by atoms with Crippen LogP contribution in [0.2, 0.25) is 0 Å². The molecule has 8 nitrogen and oxygen atoms in total. The number of hydrogen-bond acceptors (Lipinski definition) is 5. The summed E-state index contributed by atoms with van der Waals surface area (Å²) in [5.41, 5.74) is 2.63. The quantitative estimate of drug-likeness (QED) is 0.519. The lowest BCUT2D eigenvalue weighted by Crippen LogP contribution is -2.34. The number of benzene rings is 2. The monoisotopic (exact) mass is 436 g/mol. The van der Waals surface area contributed by atoms with E-state index in [2.05, 4.69) is 22.5 Å². The highest BCUT2D eigenvalue weighted by Crippen LogP contribution is 2.30. The standard InChI is InChI=1S/C24H28N4O4/c1-15-9-11-27(12-10-15)22-8-7-19(28(31)32)14-20(22)24(30)26-21-13-17(4-3-16(21)2)23(29)25-18-5-6-18/h3-4,7-8,13-15,18H,5-6,9-12H2,1-2H3,(H,25,29)(H,26,30). The molecule has 0 aromatic heterocycles. The van der Waals surface area contributed by atoms with E-state index in [0.29, 0.717) is 22.9 Å². The molecule has 2 fully saturated rings. The minimum Gasteiger partial charge on any atom is -0.371 e. The van der Waals surface area contributed by atoms with Crippen LogP contribution in [-0.2, 0) is 0 Å². The largest absolute Gasteiger partial charge is 0.371 e. The van der Waals surface area contributed by atoms with Crippen molar-refractivity contribution in [2.75, 3.05) is 23.3 Å². The number of anilines is 2. The highest BCUT2D eigenvalue weighted by Gasteiger charge is 2.25. The summed E-state index contributed by atoms with van der Waals surface area (Å²) in [6, 6.07) is 9.86. The lowest BCUT2D eigenvalue weighted by Gasteiger charge is -2.33. The highest BCUT2D eigenvalue weighted by atomic mass is 16.6. The summed E-state index contributed by atoms with van der Waals surface area (Å²) in [5, 5.41) is 17.2. The molecule has 1 saturated heterocycles. The van der Waals surface area contributed by atoms with E-state index in [0.717, 1.165) is 44.3 Å². The number of nitro groups is 1. The van der Waals surface area contributed by atoms with E-state index in [9.17, 15) is 19.7 Å². The number of hydrogen-bond donors (Lipinski definition) is 2. The van der Waals surface area contributed by atoms with Crippen LogP contribution in [0.15, 0.2) is 36.4 Å². The number of nitro benzene ring substituents is 1. The lowest BCUT2D eigenvalue weighted by molar-refractivity contribution is -0.384. The fourth-order valence-corrected chi connectivity index (χ4v) is 3.93. The maximum atomic E-state index is 13.3. The Kier molecular flexibility index (Phi) is 6.12. The topological polar surface area (TPSA) is 105 Å². The molecule has 0 atom stereocenters. The summed E-state index contributed by atoms with van der Waals surface area (Å²) >= 11 is 0. The molecule has 8 heteroatoms. The second-order valence-electron chi connectivity index (χ2n) is 8.86. The Balaban J connectivity index is 1.61. The SMILES string of the molecule is Cc1ccc(C(=O)NC2CC2)cc1NC(=O)c1cc([N+](=O)[O-])ccc1N1CCC(C)CC1. The van der Waals surface area contributed by atoms with E-state index in [1.807, 2.05) is 6.92 Å². The summed E-state index contributed by atoms with van der Waals surface area (Å²) in [7, 11) is 0. The van der Waals surface area contributed by atoms with Crippen LogP contribution in [0.4, 0.5) is 17.1 Å². The Hall–Kier alpha value is -3.42. The predicted octanol–water partition coefficient (Wildman–Crippen LogP) is 4.28. The molecule has 2 aromatic rings. The molecule has 168 valence electrons. The summed E-state index contributed by atoms with van der Waals surface area (Å²) < 4.78 is 0. The maximum Gasteiger partial charge on any atom is 0.270 e. The molecule has 1 aliphatic carbocycles. The molecule has 0 unspecified atom stereocenters. The van der Waals surface area contributed by atoms with Gasteiger partial charge in [-0.3, -0.25) is 19.7 Å². The van der Waals surface area contributed by atoms with E-state index < -0.39 is 10.8 Å². The van der Waals surface area contributed by atoms with Crippen molar-refractivity contribution in [3.63, 3.8) is 0 Å². The third-order valence-electron chi connectivity index (χ3n) is 6.22. The summed E-state index contributed by atoms with van der Waals surface area (Å²) in [5.74, 6) is 0.0281. The first kappa shape index (κ1) is 21.8. The Morgan fingerprint density at radius 1 is 1.03 bits per heavy atom. The molecule has 2 aromatic carbocycles. The third kappa shape index (κ3) is 4.90. The Morgan fingerprint density at radius 3 is 2.41 bits per heavy atom. The van der Waals surface area contributed by atoms with Gasteiger partial charge in [0.1, 0.15) is 0 Å². The van der Waals surface area contributed by atoms with Gasteiger partial charge in [0.2, 0.25) is 0 Å². The smallest absolute Gasteiger partial charge is 0.270 e. The number of amides is 2. The van der Waals surface area contributed by atoms with Gasteiger partial charge in [-0.05, 0) is 62.3 Å².